The predicted octanol–water partition coefficient (Wildman–Crippen LogP) is 2.46. The number of amides is 1. The zero-order valence-corrected chi connectivity index (χ0v) is 20.2. The Kier molecular flexibility index (Phi) is 6.16. The third kappa shape index (κ3) is 4.11. The van der Waals surface area contributed by atoms with Crippen molar-refractivity contribution in [3.8, 4) is 0 Å². The van der Waals surface area contributed by atoms with E-state index in [2.05, 4.69) is 35.6 Å². The molecule has 0 saturated carbocycles. The largest absolute Gasteiger partial charge is 0.379 e. The van der Waals surface area contributed by atoms with Crippen molar-refractivity contribution < 1.29 is 9.53 Å². The number of aryl methyl sites for hydroxylation is 3. The quantitative estimate of drug-likeness (QED) is 0.562. The molecule has 2 aliphatic heterocycles. The number of pyridine rings is 1. The van der Waals surface area contributed by atoms with Gasteiger partial charge in [0.2, 0.25) is 5.91 Å². The minimum Gasteiger partial charge on any atom is -0.379 e. The molecule has 34 heavy (non-hydrogen) atoms. The van der Waals surface area contributed by atoms with Crippen LogP contribution in [0.2, 0.25) is 0 Å². The normalized spacial score (nSPS) is 20.0. The molecule has 5 rings (SSSR count). The molecular formula is C26H33N5O3. The molecule has 0 bridgehead atoms. The number of hydrogen-bond acceptors (Lipinski definition) is 5. The first-order valence-electron chi connectivity index (χ1n) is 12.2. The second-order valence-electron chi connectivity index (χ2n) is 9.55. The first kappa shape index (κ1) is 22.7. The van der Waals surface area contributed by atoms with Crippen LogP contribution >= 0.6 is 0 Å². The van der Waals surface area contributed by atoms with Gasteiger partial charge in [-0.3, -0.25) is 9.59 Å². The SMILES string of the molecule is CC1CCc2c(ccc3c2nc(CCn2ccccc2=O)n3CC(=O)N(C)C2CCOC2)N1C. The highest BCUT2D eigenvalue weighted by atomic mass is 16.5. The zero-order chi connectivity index (χ0) is 23.8. The van der Waals surface area contributed by atoms with Gasteiger partial charge in [0.05, 0.1) is 23.7 Å². The summed E-state index contributed by atoms with van der Waals surface area (Å²) in [5.41, 5.74) is 4.40. The van der Waals surface area contributed by atoms with Gasteiger partial charge >= 0.3 is 0 Å². The van der Waals surface area contributed by atoms with Gasteiger partial charge in [-0.2, -0.15) is 0 Å². The van der Waals surface area contributed by atoms with Crippen molar-refractivity contribution in [2.75, 3.05) is 32.2 Å². The number of nitrogens with zero attached hydrogens (tertiary/aromatic N) is 5. The molecule has 0 N–H and O–H groups in total. The fourth-order valence-corrected chi connectivity index (χ4v) is 5.16. The molecule has 0 radical (unpaired) electrons. The van der Waals surface area contributed by atoms with Gasteiger partial charge in [-0.25, -0.2) is 4.98 Å². The first-order valence-corrected chi connectivity index (χ1v) is 12.2. The molecule has 2 aromatic heterocycles. The van der Waals surface area contributed by atoms with Gasteiger partial charge in [0, 0.05) is 63.2 Å². The Bertz CT molecular complexity index is 1260. The lowest BCUT2D eigenvalue weighted by Gasteiger charge is -2.33. The Hall–Kier alpha value is -3.13. The number of rotatable bonds is 6. The molecule has 1 fully saturated rings. The van der Waals surface area contributed by atoms with E-state index in [0.717, 1.165) is 36.1 Å². The average Bonchev–Trinajstić information content (AvgIpc) is 3.49. The lowest BCUT2D eigenvalue weighted by atomic mass is 9.96. The highest BCUT2D eigenvalue weighted by Gasteiger charge is 2.27. The van der Waals surface area contributed by atoms with Crippen molar-refractivity contribution in [3.05, 3.63) is 58.3 Å². The van der Waals surface area contributed by atoms with Gasteiger partial charge in [0.1, 0.15) is 12.4 Å². The average molecular weight is 464 g/mol. The van der Waals surface area contributed by atoms with E-state index in [1.54, 1.807) is 22.9 Å². The molecule has 3 aromatic rings. The second-order valence-corrected chi connectivity index (χ2v) is 9.55. The maximum atomic E-state index is 13.3. The van der Waals surface area contributed by atoms with Crippen molar-refractivity contribution in [1.82, 2.24) is 19.0 Å². The van der Waals surface area contributed by atoms with E-state index in [1.807, 2.05) is 18.0 Å². The molecule has 0 spiro atoms. The summed E-state index contributed by atoms with van der Waals surface area (Å²) in [5, 5.41) is 0. The topological polar surface area (TPSA) is 72.6 Å². The van der Waals surface area contributed by atoms with Crippen LogP contribution in [-0.4, -0.2) is 64.3 Å². The van der Waals surface area contributed by atoms with E-state index in [-0.39, 0.29) is 24.1 Å². The van der Waals surface area contributed by atoms with E-state index in [1.165, 1.54) is 11.3 Å². The third-order valence-corrected chi connectivity index (χ3v) is 7.55. The Morgan fingerprint density at radius 2 is 2.09 bits per heavy atom. The summed E-state index contributed by atoms with van der Waals surface area (Å²) in [6.45, 7) is 4.28. The van der Waals surface area contributed by atoms with Crippen LogP contribution in [0.5, 0.6) is 0 Å². The summed E-state index contributed by atoms with van der Waals surface area (Å²) in [7, 11) is 4.00. The highest BCUT2D eigenvalue weighted by Crippen LogP contribution is 2.35. The Morgan fingerprint density at radius 3 is 2.85 bits per heavy atom. The van der Waals surface area contributed by atoms with Crippen molar-refractivity contribution >= 4 is 22.6 Å². The van der Waals surface area contributed by atoms with Gasteiger partial charge in [-0.1, -0.05) is 6.07 Å². The smallest absolute Gasteiger partial charge is 0.250 e. The number of anilines is 1. The van der Waals surface area contributed by atoms with E-state index >= 15 is 0 Å². The van der Waals surface area contributed by atoms with Crippen LogP contribution in [0.3, 0.4) is 0 Å². The van der Waals surface area contributed by atoms with Crippen LogP contribution in [0.1, 0.15) is 31.2 Å². The van der Waals surface area contributed by atoms with Gasteiger partial charge in [-0.05, 0) is 44.4 Å². The molecule has 2 unspecified atom stereocenters. The van der Waals surface area contributed by atoms with Crippen molar-refractivity contribution in [2.24, 2.45) is 0 Å². The molecule has 8 nitrogen and oxygen atoms in total. The Balaban J connectivity index is 1.52. The molecular weight excluding hydrogens is 430 g/mol. The maximum absolute atomic E-state index is 13.3. The summed E-state index contributed by atoms with van der Waals surface area (Å²) >= 11 is 0. The van der Waals surface area contributed by atoms with E-state index in [0.29, 0.717) is 32.2 Å². The summed E-state index contributed by atoms with van der Waals surface area (Å²) in [4.78, 5) is 34.7. The lowest BCUT2D eigenvalue weighted by molar-refractivity contribution is -0.132. The number of fused-ring (bicyclic) bond motifs is 3. The minimum absolute atomic E-state index is 0.0322. The maximum Gasteiger partial charge on any atom is 0.250 e. The number of hydrogen-bond donors (Lipinski definition) is 0. The van der Waals surface area contributed by atoms with Crippen LogP contribution < -0.4 is 10.5 Å². The van der Waals surface area contributed by atoms with Crippen LogP contribution in [0.4, 0.5) is 5.69 Å². The molecule has 2 aliphatic rings. The summed E-state index contributed by atoms with van der Waals surface area (Å²) in [6, 6.07) is 10.0. The van der Waals surface area contributed by atoms with Crippen LogP contribution in [-0.2, 0) is 35.5 Å². The summed E-state index contributed by atoms with van der Waals surface area (Å²) in [6.07, 6.45) is 5.29. The number of ether oxygens (including phenoxy) is 1. The predicted molar refractivity (Wildman–Crippen MR) is 132 cm³/mol. The zero-order valence-electron chi connectivity index (χ0n) is 20.2. The summed E-state index contributed by atoms with van der Waals surface area (Å²) < 4.78 is 9.23. The molecule has 1 amide bonds. The van der Waals surface area contributed by atoms with E-state index in [4.69, 9.17) is 9.72 Å². The molecule has 1 saturated heterocycles. The fraction of sp³-hybridized carbons (Fsp3) is 0.500. The molecule has 0 aliphatic carbocycles. The van der Waals surface area contributed by atoms with Crippen LogP contribution in [0.15, 0.2) is 41.3 Å². The number of imidazole rings is 1. The van der Waals surface area contributed by atoms with E-state index < -0.39 is 0 Å². The molecule has 4 heterocycles. The number of likely N-dealkylation sites (N-methyl/N-ethyl adjacent to an activating group) is 1. The van der Waals surface area contributed by atoms with Gasteiger partial charge < -0.3 is 23.7 Å². The van der Waals surface area contributed by atoms with Crippen molar-refractivity contribution in [2.45, 2.75) is 57.8 Å². The number of aromatic nitrogens is 3. The minimum atomic E-state index is -0.0322. The Morgan fingerprint density at radius 1 is 1.24 bits per heavy atom. The molecule has 180 valence electrons. The molecule has 1 aromatic carbocycles. The fourth-order valence-electron chi connectivity index (χ4n) is 5.16. The van der Waals surface area contributed by atoms with Crippen molar-refractivity contribution in [3.63, 3.8) is 0 Å². The lowest BCUT2D eigenvalue weighted by Crippen LogP contribution is -2.39. The van der Waals surface area contributed by atoms with Gasteiger partial charge in [0.15, 0.2) is 0 Å². The molecule has 2 atom stereocenters. The number of carbonyl (C=O) groups is 1. The highest BCUT2D eigenvalue weighted by molar-refractivity contribution is 5.88. The van der Waals surface area contributed by atoms with Crippen LogP contribution in [0.25, 0.3) is 11.0 Å². The van der Waals surface area contributed by atoms with Crippen LogP contribution in [0, 0.1) is 0 Å². The number of carbonyl (C=O) groups excluding carboxylic acids is 1. The number of benzene rings is 1. The summed E-state index contributed by atoms with van der Waals surface area (Å²) in [5.74, 6) is 0.890. The van der Waals surface area contributed by atoms with E-state index in [9.17, 15) is 9.59 Å². The first-order chi connectivity index (χ1) is 16.4. The second kappa shape index (κ2) is 9.25. The van der Waals surface area contributed by atoms with Crippen molar-refractivity contribution in [1.29, 1.82) is 0 Å². The van der Waals surface area contributed by atoms with Gasteiger partial charge in [0.25, 0.3) is 5.56 Å². The molecule has 8 heteroatoms. The Labute approximate surface area is 199 Å². The monoisotopic (exact) mass is 463 g/mol. The third-order valence-electron chi connectivity index (χ3n) is 7.55. The standard InChI is InChI=1S/C26H33N5O3/c1-18-7-8-20-21(28(18)2)9-10-22-26(20)27-23(11-14-30-13-5-4-6-24(30)32)31(22)16-25(33)29(3)19-12-15-34-17-19/h4-6,9-10,13,18-19H,7-8,11-12,14-17H2,1-3H3. The van der Waals surface area contributed by atoms with Gasteiger partial charge in [-0.15, -0.1) is 0 Å².